The Kier molecular flexibility index (Phi) is 2.60. The molecular formula is C15H17N5. The molecule has 1 aliphatic heterocycles. The molecule has 4 rings (SSSR count). The lowest BCUT2D eigenvalue weighted by Gasteiger charge is -2.10. The molecule has 0 radical (unpaired) electrons. The number of hydrogen-bond acceptors (Lipinski definition) is 3. The summed E-state index contributed by atoms with van der Waals surface area (Å²) >= 11 is 0. The molecule has 102 valence electrons. The summed E-state index contributed by atoms with van der Waals surface area (Å²) in [5.41, 5.74) is 5.64. The second-order valence-electron chi connectivity index (χ2n) is 5.40. The third kappa shape index (κ3) is 1.82. The molecule has 3 heterocycles. The Morgan fingerprint density at radius 1 is 1.30 bits per heavy atom. The molecule has 0 saturated carbocycles. The monoisotopic (exact) mass is 267 g/mol. The van der Waals surface area contributed by atoms with Crippen LogP contribution < -0.4 is 5.32 Å². The molecule has 5 nitrogen and oxygen atoms in total. The Balaban J connectivity index is 1.80. The first-order valence-electron chi connectivity index (χ1n) is 7.04. The molecule has 3 aromatic rings. The van der Waals surface area contributed by atoms with Crippen LogP contribution in [0.2, 0.25) is 0 Å². The van der Waals surface area contributed by atoms with E-state index in [9.17, 15) is 0 Å². The maximum atomic E-state index is 4.44. The molecule has 0 bridgehead atoms. The summed E-state index contributed by atoms with van der Waals surface area (Å²) in [5, 5.41) is 10.9. The zero-order valence-corrected chi connectivity index (χ0v) is 11.4. The lowest BCUT2D eigenvalue weighted by Crippen LogP contribution is -2.14. The van der Waals surface area contributed by atoms with Gasteiger partial charge in [0.15, 0.2) is 0 Å². The normalized spacial score (nSPS) is 18.9. The van der Waals surface area contributed by atoms with Crippen LogP contribution in [0.3, 0.4) is 0 Å². The van der Waals surface area contributed by atoms with E-state index in [4.69, 9.17) is 0 Å². The minimum absolute atomic E-state index is 0.395. The standard InChI is InChI=1S/C15H17N5/c1-9-18-12-5-4-10(7-14(12)19-9)11-8-17-20-15(11)13-3-2-6-16-13/h4-5,7-8,13,16H,2-3,6H2,1H3,(H,17,20)(H,18,19). The van der Waals surface area contributed by atoms with Crippen molar-refractivity contribution in [2.24, 2.45) is 0 Å². The van der Waals surface area contributed by atoms with E-state index in [1.807, 2.05) is 13.1 Å². The van der Waals surface area contributed by atoms with Crippen LogP contribution in [0.1, 0.15) is 30.4 Å². The van der Waals surface area contributed by atoms with Crippen LogP contribution >= 0.6 is 0 Å². The van der Waals surface area contributed by atoms with Gasteiger partial charge in [0.2, 0.25) is 0 Å². The molecular weight excluding hydrogens is 250 g/mol. The lowest BCUT2D eigenvalue weighted by molar-refractivity contribution is 0.626. The van der Waals surface area contributed by atoms with E-state index < -0.39 is 0 Å². The summed E-state index contributed by atoms with van der Waals surface area (Å²) in [7, 11) is 0. The lowest BCUT2D eigenvalue weighted by atomic mass is 10.0. The third-order valence-electron chi connectivity index (χ3n) is 3.99. The molecule has 0 aliphatic carbocycles. The van der Waals surface area contributed by atoms with Crippen molar-refractivity contribution in [3.63, 3.8) is 0 Å². The van der Waals surface area contributed by atoms with Crippen LogP contribution in [0.25, 0.3) is 22.2 Å². The molecule has 20 heavy (non-hydrogen) atoms. The zero-order chi connectivity index (χ0) is 13.5. The first kappa shape index (κ1) is 11.7. The Morgan fingerprint density at radius 3 is 3.10 bits per heavy atom. The van der Waals surface area contributed by atoms with Gasteiger partial charge < -0.3 is 10.3 Å². The molecule has 0 amide bonds. The average Bonchev–Trinajstić information content (AvgIpc) is 3.16. The quantitative estimate of drug-likeness (QED) is 0.668. The molecule has 2 aromatic heterocycles. The Morgan fingerprint density at radius 2 is 2.25 bits per heavy atom. The van der Waals surface area contributed by atoms with Gasteiger partial charge in [-0.05, 0) is 44.0 Å². The minimum atomic E-state index is 0.395. The fraction of sp³-hybridized carbons (Fsp3) is 0.333. The van der Waals surface area contributed by atoms with Gasteiger partial charge in [0, 0.05) is 11.6 Å². The second kappa shape index (κ2) is 4.45. The van der Waals surface area contributed by atoms with E-state index in [1.54, 1.807) is 0 Å². The predicted molar refractivity (Wildman–Crippen MR) is 78.4 cm³/mol. The summed E-state index contributed by atoms with van der Waals surface area (Å²) in [6, 6.07) is 6.73. The summed E-state index contributed by atoms with van der Waals surface area (Å²) in [6.07, 6.45) is 4.31. The van der Waals surface area contributed by atoms with Crippen LogP contribution in [0.15, 0.2) is 24.4 Å². The van der Waals surface area contributed by atoms with Crippen molar-refractivity contribution in [2.75, 3.05) is 6.54 Å². The van der Waals surface area contributed by atoms with Gasteiger partial charge in [0.25, 0.3) is 0 Å². The number of aryl methyl sites for hydroxylation is 1. The first-order chi connectivity index (χ1) is 9.81. The highest BCUT2D eigenvalue weighted by molar-refractivity contribution is 5.82. The van der Waals surface area contributed by atoms with Gasteiger partial charge in [0.1, 0.15) is 5.82 Å². The van der Waals surface area contributed by atoms with Gasteiger partial charge in [-0.1, -0.05) is 6.07 Å². The summed E-state index contributed by atoms with van der Waals surface area (Å²) in [4.78, 5) is 7.74. The number of aromatic amines is 2. The van der Waals surface area contributed by atoms with Gasteiger partial charge in [-0.15, -0.1) is 0 Å². The Labute approximate surface area is 116 Å². The summed E-state index contributed by atoms with van der Waals surface area (Å²) < 4.78 is 0. The first-order valence-corrected chi connectivity index (χ1v) is 7.04. The van der Waals surface area contributed by atoms with Crippen molar-refractivity contribution in [1.82, 2.24) is 25.5 Å². The SMILES string of the molecule is Cc1nc2ccc(-c3cn[nH]c3C3CCCN3)cc2[nH]1. The van der Waals surface area contributed by atoms with E-state index >= 15 is 0 Å². The number of nitrogens with zero attached hydrogens (tertiary/aromatic N) is 2. The third-order valence-corrected chi connectivity index (χ3v) is 3.99. The van der Waals surface area contributed by atoms with E-state index in [1.165, 1.54) is 29.7 Å². The molecule has 1 unspecified atom stereocenters. The maximum absolute atomic E-state index is 4.44. The van der Waals surface area contributed by atoms with Crippen LogP contribution in [0, 0.1) is 6.92 Å². The fourth-order valence-electron chi connectivity index (χ4n) is 3.03. The average molecular weight is 267 g/mol. The highest BCUT2D eigenvalue weighted by Crippen LogP contribution is 2.31. The molecule has 0 spiro atoms. The smallest absolute Gasteiger partial charge is 0.104 e. The van der Waals surface area contributed by atoms with E-state index in [0.717, 1.165) is 23.4 Å². The molecule has 1 atom stereocenters. The van der Waals surface area contributed by atoms with E-state index in [0.29, 0.717) is 6.04 Å². The predicted octanol–water partition coefficient (Wildman–Crippen LogP) is 2.69. The van der Waals surface area contributed by atoms with Crippen molar-refractivity contribution in [1.29, 1.82) is 0 Å². The molecule has 3 N–H and O–H groups in total. The van der Waals surface area contributed by atoms with Gasteiger partial charge in [-0.2, -0.15) is 5.10 Å². The van der Waals surface area contributed by atoms with Gasteiger partial charge >= 0.3 is 0 Å². The summed E-state index contributed by atoms with van der Waals surface area (Å²) in [6.45, 7) is 3.06. The van der Waals surface area contributed by atoms with E-state index in [-0.39, 0.29) is 0 Å². The Hall–Kier alpha value is -2.14. The largest absolute Gasteiger partial charge is 0.342 e. The number of imidazole rings is 1. The van der Waals surface area contributed by atoms with Gasteiger partial charge in [-0.3, -0.25) is 5.10 Å². The van der Waals surface area contributed by atoms with Crippen LogP contribution in [0.5, 0.6) is 0 Å². The van der Waals surface area contributed by atoms with Crippen LogP contribution in [0.4, 0.5) is 0 Å². The number of aromatic nitrogens is 4. The molecule has 1 fully saturated rings. The van der Waals surface area contributed by atoms with Crippen molar-refractivity contribution in [3.05, 3.63) is 35.9 Å². The highest BCUT2D eigenvalue weighted by Gasteiger charge is 2.21. The van der Waals surface area contributed by atoms with Crippen molar-refractivity contribution >= 4 is 11.0 Å². The number of rotatable bonds is 2. The number of hydrogen-bond donors (Lipinski definition) is 3. The van der Waals surface area contributed by atoms with Gasteiger partial charge in [-0.25, -0.2) is 4.98 Å². The van der Waals surface area contributed by atoms with Crippen LogP contribution in [-0.4, -0.2) is 26.7 Å². The van der Waals surface area contributed by atoms with E-state index in [2.05, 4.69) is 43.7 Å². The number of fused-ring (bicyclic) bond motifs is 1. The number of nitrogens with one attached hydrogen (secondary N) is 3. The van der Waals surface area contributed by atoms with Crippen molar-refractivity contribution < 1.29 is 0 Å². The minimum Gasteiger partial charge on any atom is -0.342 e. The second-order valence-corrected chi connectivity index (χ2v) is 5.40. The fourth-order valence-corrected chi connectivity index (χ4v) is 3.03. The topological polar surface area (TPSA) is 69.4 Å². The van der Waals surface area contributed by atoms with Crippen LogP contribution in [-0.2, 0) is 0 Å². The molecule has 1 aliphatic rings. The zero-order valence-electron chi connectivity index (χ0n) is 11.4. The molecule has 1 aromatic carbocycles. The Bertz CT molecular complexity index is 749. The van der Waals surface area contributed by atoms with Crippen molar-refractivity contribution in [3.8, 4) is 11.1 Å². The number of benzene rings is 1. The van der Waals surface area contributed by atoms with Crippen molar-refractivity contribution in [2.45, 2.75) is 25.8 Å². The molecule has 5 heteroatoms. The van der Waals surface area contributed by atoms with Gasteiger partial charge in [0.05, 0.1) is 22.9 Å². The maximum Gasteiger partial charge on any atom is 0.104 e. The number of H-pyrrole nitrogens is 2. The summed E-state index contributed by atoms with van der Waals surface area (Å²) in [5.74, 6) is 0.946. The highest BCUT2D eigenvalue weighted by atomic mass is 15.1. The molecule has 1 saturated heterocycles.